The molecule has 0 spiro atoms. The van der Waals surface area contributed by atoms with Gasteiger partial charge in [0.1, 0.15) is 0 Å². The van der Waals surface area contributed by atoms with Crippen molar-refractivity contribution in [1.82, 2.24) is 5.32 Å². The highest BCUT2D eigenvalue weighted by atomic mass is 16.5. The van der Waals surface area contributed by atoms with Crippen molar-refractivity contribution < 1.29 is 4.74 Å². The lowest BCUT2D eigenvalue weighted by molar-refractivity contribution is 0.134. The molecule has 0 fully saturated rings. The molecule has 2 nitrogen and oxygen atoms in total. The highest BCUT2D eigenvalue weighted by Gasteiger charge is 2.17. The topological polar surface area (TPSA) is 21.3 Å². The van der Waals surface area contributed by atoms with E-state index in [1.807, 2.05) is 0 Å². The minimum atomic E-state index is 0.256. The van der Waals surface area contributed by atoms with Crippen LogP contribution < -0.4 is 5.32 Å². The summed E-state index contributed by atoms with van der Waals surface area (Å²) in [4.78, 5) is 0. The van der Waals surface area contributed by atoms with Crippen molar-refractivity contribution in [2.75, 3.05) is 6.54 Å². The first kappa shape index (κ1) is 13.3. The number of aryl methyl sites for hydroxylation is 1. The van der Waals surface area contributed by atoms with Gasteiger partial charge in [-0.15, -0.1) is 0 Å². The van der Waals surface area contributed by atoms with Gasteiger partial charge in [0, 0.05) is 0 Å². The molecule has 0 saturated heterocycles. The Kier molecular flexibility index (Phi) is 3.86. The third-order valence-corrected chi connectivity index (χ3v) is 3.90. The molecule has 104 valence electrons. The number of hydrogen-bond donors (Lipinski definition) is 1. The lowest BCUT2D eigenvalue weighted by Gasteiger charge is -2.20. The lowest BCUT2D eigenvalue weighted by atomic mass is 9.95. The Morgan fingerprint density at radius 3 is 2.45 bits per heavy atom. The van der Waals surface area contributed by atoms with Gasteiger partial charge in [-0.05, 0) is 35.7 Å². The highest BCUT2D eigenvalue weighted by Crippen LogP contribution is 2.27. The van der Waals surface area contributed by atoms with Gasteiger partial charge in [-0.2, -0.15) is 0 Å². The van der Waals surface area contributed by atoms with Gasteiger partial charge in [0.2, 0.25) is 0 Å². The van der Waals surface area contributed by atoms with Crippen molar-refractivity contribution in [3.63, 3.8) is 0 Å². The molecule has 0 saturated carbocycles. The Balaban J connectivity index is 1.95. The predicted octanol–water partition coefficient (Wildman–Crippen LogP) is 3.72. The van der Waals surface area contributed by atoms with Crippen molar-refractivity contribution >= 4 is 0 Å². The largest absolute Gasteiger partial charge is 0.372 e. The molecule has 1 heterocycles. The Morgan fingerprint density at radius 2 is 1.70 bits per heavy atom. The Labute approximate surface area is 120 Å². The number of fused-ring (bicyclic) bond motifs is 1. The molecule has 0 amide bonds. The van der Waals surface area contributed by atoms with Crippen molar-refractivity contribution in [1.29, 1.82) is 0 Å². The van der Waals surface area contributed by atoms with Gasteiger partial charge in [-0.1, -0.05) is 55.0 Å². The maximum absolute atomic E-state index is 5.51. The van der Waals surface area contributed by atoms with Crippen LogP contribution >= 0.6 is 0 Å². The molecule has 2 aromatic rings. The van der Waals surface area contributed by atoms with Gasteiger partial charge >= 0.3 is 0 Å². The normalized spacial score (nSPS) is 15.1. The van der Waals surface area contributed by atoms with Gasteiger partial charge in [-0.25, -0.2) is 0 Å². The van der Waals surface area contributed by atoms with Crippen LogP contribution in [0.25, 0.3) is 0 Å². The molecule has 2 aromatic carbocycles. The highest BCUT2D eigenvalue weighted by molar-refractivity contribution is 5.39. The number of benzene rings is 2. The molecule has 2 heteroatoms. The molecule has 0 aromatic heterocycles. The van der Waals surface area contributed by atoms with E-state index in [-0.39, 0.29) is 6.04 Å². The van der Waals surface area contributed by atoms with E-state index in [2.05, 4.69) is 61.6 Å². The Hall–Kier alpha value is -1.64. The van der Waals surface area contributed by atoms with Gasteiger partial charge in [0.25, 0.3) is 0 Å². The van der Waals surface area contributed by atoms with Gasteiger partial charge in [-0.3, -0.25) is 0 Å². The van der Waals surface area contributed by atoms with Crippen molar-refractivity contribution in [2.24, 2.45) is 0 Å². The molecule has 1 aliphatic heterocycles. The molecule has 1 atom stereocenters. The second kappa shape index (κ2) is 5.78. The molecule has 0 aliphatic carbocycles. The summed E-state index contributed by atoms with van der Waals surface area (Å²) in [6.07, 6.45) is 0. The number of nitrogens with one attached hydrogen (secondary N) is 1. The predicted molar refractivity (Wildman–Crippen MR) is 81.6 cm³/mol. The van der Waals surface area contributed by atoms with Gasteiger partial charge < -0.3 is 10.1 Å². The number of hydrogen-bond acceptors (Lipinski definition) is 2. The third kappa shape index (κ3) is 2.62. The summed E-state index contributed by atoms with van der Waals surface area (Å²) >= 11 is 0. The van der Waals surface area contributed by atoms with E-state index in [1.165, 1.54) is 27.8 Å². The van der Waals surface area contributed by atoms with E-state index in [9.17, 15) is 0 Å². The summed E-state index contributed by atoms with van der Waals surface area (Å²) < 4.78 is 5.51. The summed E-state index contributed by atoms with van der Waals surface area (Å²) in [5.41, 5.74) is 6.59. The zero-order valence-corrected chi connectivity index (χ0v) is 12.1. The zero-order valence-electron chi connectivity index (χ0n) is 12.1. The van der Waals surface area contributed by atoms with Crippen LogP contribution in [0.3, 0.4) is 0 Å². The third-order valence-electron chi connectivity index (χ3n) is 3.90. The summed E-state index contributed by atoms with van der Waals surface area (Å²) in [6, 6.07) is 15.8. The van der Waals surface area contributed by atoms with E-state index < -0.39 is 0 Å². The van der Waals surface area contributed by atoms with Crippen LogP contribution in [0, 0.1) is 6.92 Å². The first-order valence-electron chi connectivity index (χ1n) is 7.27. The second-order valence-corrected chi connectivity index (χ2v) is 5.42. The average Bonchev–Trinajstić information content (AvgIpc) is 2.93. The molecule has 0 radical (unpaired) electrons. The fourth-order valence-electron chi connectivity index (χ4n) is 2.76. The smallest absolute Gasteiger partial charge is 0.0725 e. The summed E-state index contributed by atoms with van der Waals surface area (Å²) in [5, 5.41) is 3.59. The van der Waals surface area contributed by atoms with Crippen molar-refractivity contribution in [3.8, 4) is 0 Å². The van der Waals surface area contributed by atoms with Crippen LogP contribution in [0.15, 0.2) is 42.5 Å². The van der Waals surface area contributed by atoms with E-state index in [4.69, 9.17) is 4.74 Å². The van der Waals surface area contributed by atoms with Crippen molar-refractivity contribution in [2.45, 2.75) is 33.1 Å². The van der Waals surface area contributed by atoms with Gasteiger partial charge in [0.05, 0.1) is 19.3 Å². The summed E-state index contributed by atoms with van der Waals surface area (Å²) in [6.45, 7) is 6.73. The maximum Gasteiger partial charge on any atom is 0.0725 e. The number of ether oxygens (including phenoxy) is 1. The van der Waals surface area contributed by atoms with E-state index in [0.29, 0.717) is 0 Å². The fourth-order valence-corrected chi connectivity index (χ4v) is 2.76. The average molecular weight is 267 g/mol. The lowest BCUT2D eigenvalue weighted by Crippen LogP contribution is -2.22. The standard InChI is InChI=1S/C18H21NO/c1-3-19-18(14-6-4-13(2)5-7-14)15-8-9-16-11-20-12-17(16)10-15/h4-10,18-19H,3,11-12H2,1-2H3. The fraction of sp³-hybridized carbons (Fsp3) is 0.333. The first-order chi connectivity index (χ1) is 9.78. The maximum atomic E-state index is 5.51. The Morgan fingerprint density at radius 1 is 1.00 bits per heavy atom. The summed E-state index contributed by atoms with van der Waals surface area (Å²) in [7, 11) is 0. The van der Waals surface area contributed by atoms with Crippen molar-refractivity contribution in [3.05, 3.63) is 70.3 Å². The molecule has 1 aliphatic rings. The van der Waals surface area contributed by atoms with Crippen LogP contribution in [0.4, 0.5) is 0 Å². The van der Waals surface area contributed by atoms with Gasteiger partial charge in [0.15, 0.2) is 0 Å². The van der Waals surface area contributed by atoms with Crippen LogP contribution in [0.2, 0.25) is 0 Å². The SMILES string of the molecule is CCNC(c1ccc(C)cc1)c1ccc2c(c1)COC2. The first-order valence-corrected chi connectivity index (χ1v) is 7.27. The van der Waals surface area contributed by atoms with E-state index >= 15 is 0 Å². The van der Waals surface area contributed by atoms with Crippen LogP contribution in [0.5, 0.6) is 0 Å². The molecule has 1 unspecified atom stereocenters. The molecular weight excluding hydrogens is 246 g/mol. The van der Waals surface area contributed by atoms with Crippen LogP contribution in [0.1, 0.15) is 40.8 Å². The molecule has 1 N–H and O–H groups in total. The molecular formula is C18H21NO. The Bertz CT molecular complexity index is 589. The van der Waals surface area contributed by atoms with Crippen LogP contribution in [-0.4, -0.2) is 6.54 Å². The van der Waals surface area contributed by atoms with E-state index in [0.717, 1.165) is 19.8 Å². The number of rotatable bonds is 4. The van der Waals surface area contributed by atoms with E-state index in [1.54, 1.807) is 0 Å². The molecule has 0 bridgehead atoms. The van der Waals surface area contributed by atoms with Crippen LogP contribution in [-0.2, 0) is 18.0 Å². The minimum Gasteiger partial charge on any atom is -0.372 e. The quantitative estimate of drug-likeness (QED) is 0.911. The second-order valence-electron chi connectivity index (χ2n) is 5.42. The zero-order chi connectivity index (χ0) is 13.9. The molecule has 3 rings (SSSR count). The summed E-state index contributed by atoms with van der Waals surface area (Å²) in [5.74, 6) is 0. The monoisotopic (exact) mass is 267 g/mol. The molecule has 20 heavy (non-hydrogen) atoms. The minimum absolute atomic E-state index is 0.256.